The summed E-state index contributed by atoms with van der Waals surface area (Å²) >= 11 is 0. The van der Waals surface area contributed by atoms with Crippen molar-refractivity contribution in [2.75, 3.05) is 0 Å². The Kier molecular flexibility index (Phi) is 5.24. The molecule has 0 N–H and O–H groups in total. The molecule has 0 unspecified atom stereocenters. The van der Waals surface area contributed by atoms with Gasteiger partial charge in [0.1, 0.15) is 0 Å². The second-order valence-corrected chi connectivity index (χ2v) is 9.73. The molecular weight excluding hydrogens is 458 g/mol. The lowest BCUT2D eigenvalue weighted by Gasteiger charge is -2.12. The average Bonchev–Trinajstić information content (AvgIpc) is 3.00. The van der Waals surface area contributed by atoms with E-state index >= 15 is 0 Å². The first-order valence-corrected chi connectivity index (χ1v) is 12.8. The Morgan fingerprint density at radius 3 is 1.55 bits per heavy atom. The fourth-order valence-electron chi connectivity index (χ4n) is 5.48. The smallest absolute Gasteiger partial charge is 0.0991 e. The summed E-state index contributed by atoms with van der Waals surface area (Å²) in [6, 6.07) is 51.7. The molecule has 0 spiro atoms. The normalized spacial score (nSPS) is 11.1. The second-order valence-electron chi connectivity index (χ2n) is 9.73. The van der Waals surface area contributed by atoms with Gasteiger partial charge in [-0.05, 0) is 96.0 Å². The van der Waals surface area contributed by atoms with Crippen molar-refractivity contribution in [1.82, 2.24) is 0 Å². The van der Waals surface area contributed by atoms with Crippen LogP contribution in [-0.2, 0) is 0 Å². The van der Waals surface area contributed by atoms with Crippen LogP contribution in [0.15, 0.2) is 140 Å². The monoisotopic (exact) mass is 481 g/mol. The van der Waals surface area contributed by atoms with Gasteiger partial charge in [0.2, 0.25) is 0 Å². The molecule has 0 atom stereocenters. The molecule has 7 rings (SSSR count). The first kappa shape index (κ1) is 22.0. The Morgan fingerprint density at radius 2 is 0.868 bits per heavy atom. The van der Waals surface area contributed by atoms with Crippen LogP contribution in [-0.4, -0.2) is 0 Å². The maximum Gasteiger partial charge on any atom is 0.0991 e. The molecule has 1 heteroatoms. The number of benzene rings is 7. The summed E-state index contributed by atoms with van der Waals surface area (Å²) in [7, 11) is 0. The lowest BCUT2D eigenvalue weighted by atomic mass is 9.92. The molecule has 38 heavy (non-hydrogen) atoms. The Morgan fingerprint density at radius 1 is 0.368 bits per heavy atom. The largest absolute Gasteiger partial charge is 0.192 e. The number of hydrogen-bond donors (Lipinski definition) is 0. The Labute approximate surface area is 221 Å². The standard InChI is InChI=1S/C37H23N/c38-24-25-9-11-26(12-10-25)27-13-15-28(16-14-27)29-17-18-31-22-33(20-19-30(31)21-29)37-23-32-5-1-2-6-34(32)35-7-3-4-8-36(35)37/h1-23H. The van der Waals surface area contributed by atoms with Gasteiger partial charge < -0.3 is 0 Å². The third kappa shape index (κ3) is 3.81. The van der Waals surface area contributed by atoms with Crippen molar-refractivity contribution in [2.24, 2.45) is 0 Å². The minimum Gasteiger partial charge on any atom is -0.192 e. The zero-order chi connectivity index (χ0) is 25.5. The van der Waals surface area contributed by atoms with Gasteiger partial charge in [-0.1, -0.05) is 109 Å². The number of hydrogen-bond acceptors (Lipinski definition) is 1. The van der Waals surface area contributed by atoms with Crippen molar-refractivity contribution >= 4 is 32.3 Å². The maximum atomic E-state index is 9.04. The lowest BCUT2D eigenvalue weighted by Crippen LogP contribution is -1.86. The van der Waals surface area contributed by atoms with Gasteiger partial charge in [0.15, 0.2) is 0 Å². The summed E-state index contributed by atoms with van der Waals surface area (Å²) in [4.78, 5) is 0. The molecule has 0 fully saturated rings. The van der Waals surface area contributed by atoms with Gasteiger partial charge in [0.25, 0.3) is 0 Å². The van der Waals surface area contributed by atoms with Crippen molar-refractivity contribution in [1.29, 1.82) is 5.26 Å². The highest BCUT2D eigenvalue weighted by molar-refractivity contribution is 6.14. The maximum absolute atomic E-state index is 9.04. The van der Waals surface area contributed by atoms with Crippen LogP contribution < -0.4 is 0 Å². The van der Waals surface area contributed by atoms with Crippen LogP contribution in [0.3, 0.4) is 0 Å². The molecule has 0 saturated heterocycles. The van der Waals surface area contributed by atoms with Crippen LogP contribution in [0.1, 0.15) is 5.56 Å². The third-order valence-electron chi connectivity index (χ3n) is 7.48. The summed E-state index contributed by atoms with van der Waals surface area (Å²) in [6.45, 7) is 0. The molecule has 0 radical (unpaired) electrons. The van der Waals surface area contributed by atoms with Gasteiger partial charge in [-0.15, -0.1) is 0 Å². The summed E-state index contributed by atoms with van der Waals surface area (Å²) in [6.07, 6.45) is 0. The molecule has 7 aromatic rings. The molecule has 0 bridgehead atoms. The summed E-state index contributed by atoms with van der Waals surface area (Å²) in [5.74, 6) is 0. The van der Waals surface area contributed by atoms with Crippen molar-refractivity contribution in [3.63, 3.8) is 0 Å². The Bertz CT molecular complexity index is 2010. The summed E-state index contributed by atoms with van der Waals surface area (Å²) in [5.41, 5.74) is 7.83. The number of nitrogens with zero attached hydrogens (tertiary/aromatic N) is 1. The highest BCUT2D eigenvalue weighted by atomic mass is 14.2. The van der Waals surface area contributed by atoms with Gasteiger partial charge in [0, 0.05) is 0 Å². The van der Waals surface area contributed by atoms with E-state index in [4.69, 9.17) is 5.26 Å². The summed E-state index contributed by atoms with van der Waals surface area (Å²) < 4.78 is 0. The van der Waals surface area contributed by atoms with E-state index in [9.17, 15) is 0 Å². The van der Waals surface area contributed by atoms with Crippen molar-refractivity contribution < 1.29 is 0 Å². The molecule has 0 aliphatic rings. The minimum absolute atomic E-state index is 0.679. The molecule has 0 aliphatic carbocycles. The van der Waals surface area contributed by atoms with Gasteiger partial charge in [-0.25, -0.2) is 0 Å². The zero-order valence-corrected chi connectivity index (χ0v) is 20.7. The van der Waals surface area contributed by atoms with Crippen LogP contribution >= 0.6 is 0 Å². The molecule has 176 valence electrons. The van der Waals surface area contributed by atoms with Gasteiger partial charge >= 0.3 is 0 Å². The van der Waals surface area contributed by atoms with Crippen LogP contribution in [0, 0.1) is 11.3 Å². The predicted molar refractivity (Wildman–Crippen MR) is 160 cm³/mol. The predicted octanol–water partition coefficient (Wildman–Crippen LogP) is 10.0. The van der Waals surface area contributed by atoms with Gasteiger partial charge in [-0.3, -0.25) is 0 Å². The second kappa shape index (κ2) is 9.04. The van der Waals surface area contributed by atoms with Crippen molar-refractivity contribution in [2.45, 2.75) is 0 Å². The molecule has 1 nitrogen and oxygen atoms in total. The first-order chi connectivity index (χ1) is 18.8. The molecule has 0 amide bonds. The fraction of sp³-hybridized carbons (Fsp3) is 0. The summed E-state index contributed by atoms with van der Waals surface area (Å²) in [5, 5.41) is 16.6. The van der Waals surface area contributed by atoms with Crippen molar-refractivity contribution in [3.05, 3.63) is 145 Å². The van der Waals surface area contributed by atoms with E-state index in [1.165, 1.54) is 54.6 Å². The van der Waals surface area contributed by atoms with E-state index in [0.717, 1.165) is 11.1 Å². The topological polar surface area (TPSA) is 23.8 Å². The van der Waals surface area contributed by atoms with Crippen LogP contribution in [0.4, 0.5) is 0 Å². The van der Waals surface area contributed by atoms with E-state index in [1.807, 2.05) is 24.3 Å². The van der Waals surface area contributed by atoms with Crippen LogP contribution in [0.25, 0.3) is 65.7 Å². The third-order valence-corrected chi connectivity index (χ3v) is 7.48. The van der Waals surface area contributed by atoms with Gasteiger partial charge in [0.05, 0.1) is 11.6 Å². The van der Waals surface area contributed by atoms with E-state index < -0.39 is 0 Å². The number of fused-ring (bicyclic) bond motifs is 4. The Balaban J connectivity index is 1.25. The van der Waals surface area contributed by atoms with E-state index in [1.54, 1.807) is 0 Å². The SMILES string of the molecule is N#Cc1ccc(-c2ccc(-c3ccc4cc(-c5cc6ccccc6c6ccccc56)ccc4c3)cc2)cc1. The van der Waals surface area contributed by atoms with Gasteiger partial charge in [-0.2, -0.15) is 5.26 Å². The fourth-order valence-corrected chi connectivity index (χ4v) is 5.48. The number of nitriles is 1. The molecule has 0 aliphatic heterocycles. The highest BCUT2D eigenvalue weighted by Gasteiger charge is 2.09. The average molecular weight is 482 g/mol. The van der Waals surface area contributed by atoms with Crippen LogP contribution in [0.2, 0.25) is 0 Å². The molecular formula is C37H23N. The van der Waals surface area contributed by atoms with Crippen molar-refractivity contribution in [3.8, 4) is 39.4 Å². The highest BCUT2D eigenvalue weighted by Crippen LogP contribution is 2.36. The zero-order valence-electron chi connectivity index (χ0n) is 20.7. The van der Waals surface area contributed by atoms with Crippen LogP contribution in [0.5, 0.6) is 0 Å². The molecule has 7 aromatic carbocycles. The van der Waals surface area contributed by atoms with E-state index in [2.05, 4.69) is 121 Å². The quantitative estimate of drug-likeness (QED) is 0.230. The minimum atomic E-state index is 0.679. The molecule has 0 saturated carbocycles. The molecule has 0 heterocycles. The Hall–Kier alpha value is -5.19. The first-order valence-electron chi connectivity index (χ1n) is 12.8. The van der Waals surface area contributed by atoms with E-state index in [0.29, 0.717) is 5.56 Å². The van der Waals surface area contributed by atoms with E-state index in [-0.39, 0.29) is 0 Å². The lowest BCUT2D eigenvalue weighted by molar-refractivity contribution is 1.48. The molecule has 0 aromatic heterocycles. The number of rotatable bonds is 3.